The van der Waals surface area contributed by atoms with Gasteiger partial charge in [0.25, 0.3) is 0 Å². The van der Waals surface area contributed by atoms with Crippen molar-refractivity contribution in [2.75, 3.05) is 25.2 Å². The summed E-state index contributed by atoms with van der Waals surface area (Å²) in [6.45, 7) is 1.51. The highest BCUT2D eigenvalue weighted by molar-refractivity contribution is 5.51. The first-order valence-corrected chi connectivity index (χ1v) is 8.21. The minimum atomic E-state index is -0.235. The van der Waals surface area contributed by atoms with Crippen LogP contribution in [0.25, 0.3) is 5.69 Å². The maximum absolute atomic E-state index is 13.1. The third-order valence-electron chi connectivity index (χ3n) is 4.42. The highest BCUT2D eigenvalue weighted by atomic mass is 19.1. The van der Waals surface area contributed by atoms with E-state index in [2.05, 4.69) is 4.90 Å². The Morgan fingerprint density at radius 2 is 1.72 bits per heavy atom. The number of anilines is 1. The van der Waals surface area contributed by atoms with Crippen molar-refractivity contribution in [1.82, 2.24) is 4.57 Å². The van der Waals surface area contributed by atoms with Crippen LogP contribution >= 0.6 is 0 Å². The molecule has 1 saturated heterocycles. The minimum absolute atomic E-state index is 0.130. The van der Waals surface area contributed by atoms with E-state index in [0.717, 1.165) is 29.2 Å². The second-order valence-corrected chi connectivity index (χ2v) is 5.94. The van der Waals surface area contributed by atoms with Gasteiger partial charge in [0.15, 0.2) is 6.23 Å². The van der Waals surface area contributed by atoms with Gasteiger partial charge in [0.05, 0.1) is 13.7 Å². The van der Waals surface area contributed by atoms with Gasteiger partial charge in [-0.05, 0) is 54.6 Å². The second-order valence-electron chi connectivity index (χ2n) is 5.94. The van der Waals surface area contributed by atoms with Gasteiger partial charge in [0, 0.05) is 35.9 Å². The summed E-state index contributed by atoms with van der Waals surface area (Å²) in [7, 11) is 1.66. The average Bonchev–Trinajstić information content (AvgIpc) is 3.31. The molecule has 2 aromatic carbocycles. The molecule has 1 aliphatic heterocycles. The van der Waals surface area contributed by atoms with Crippen LogP contribution in [-0.2, 0) is 4.74 Å². The van der Waals surface area contributed by atoms with E-state index < -0.39 is 0 Å². The van der Waals surface area contributed by atoms with Gasteiger partial charge in [-0.2, -0.15) is 0 Å². The normalized spacial score (nSPS) is 17.0. The Kier molecular flexibility index (Phi) is 4.15. The molecule has 0 radical (unpaired) electrons. The van der Waals surface area contributed by atoms with Gasteiger partial charge in [0.2, 0.25) is 0 Å². The van der Waals surface area contributed by atoms with Crippen LogP contribution in [-0.4, -0.2) is 24.8 Å². The fourth-order valence-electron chi connectivity index (χ4n) is 3.12. The smallest absolute Gasteiger partial charge is 0.158 e. The van der Waals surface area contributed by atoms with Crippen molar-refractivity contribution < 1.29 is 13.9 Å². The van der Waals surface area contributed by atoms with Crippen LogP contribution in [0, 0.1) is 5.82 Å². The minimum Gasteiger partial charge on any atom is -0.497 e. The quantitative estimate of drug-likeness (QED) is 0.715. The van der Waals surface area contributed by atoms with Crippen molar-refractivity contribution in [2.24, 2.45) is 0 Å². The van der Waals surface area contributed by atoms with Crippen molar-refractivity contribution in [3.8, 4) is 11.4 Å². The zero-order valence-corrected chi connectivity index (χ0v) is 13.9. The average molecular weight is 338 g/mol. The maximum Gasteiger partial charge on any atom is 0.158 e. The number of benzene rings is 2. The molecule has 25 heavy (non-hydrogen) atoms. The molecule has 128 valence electrons. The SMILES string of the molecule is COc1ccc(N2CCOC2c2ccn(-c3ccc(F)cc3)c2)cc1. The Morgan fingerprint density at radius 3 is 2.44 bits per heavy atom. The predicted octanol–water partition coefficient (Wildman–Crippen LogP) is 4.16. The molecule has 1 fully saturated rings. The molecule has 4 rings (SSSR count). The molecule has 0 bridgehead atoms. The molecule has 0 aliphatic carbocycles. The summed E-state index contributed by atoms with van der Waals surface area (Å²) in [6.07, 6.45) is 3.87. The van der Waals surface area contributed by atoms with Gasteiger partial charge in [-0.15, -0.1) is 0 Å². The van der Waals surface area contributed by atoms with Crippen LogP contribution in [0.3, 0.4) is 0 Å². The molecular formula is C20H19FN2O2. The zero-order valence-electron chi connectivity index (χ0n) is 13.9. The van der Waals surface area contributed by atoms with Gasteiger partial charge >= 0.3 is 0 Å². The van der Waals surface area contributed by atoms with Gasteiger partial charge < -0.3 is 18.9 Å². The molecule has 0 saturated carbocycles. The molecule has 0 N–H and O–H groups in total. The third kappa shape index (κ3) is 3.10. The largest absolute Gasteiger partial charge is 0.497 e. The summed E-state index contributed by atoms with van der Waals surface area (Å²) in [5.41, 5.74) is 3.08. The first-order valence-electron chi connectivity index (χ1n) is 8.21. The molecule has 3 aromatic rings. The van der Waals surface area contributed by atoms with Crippen molar-refractivity contribution >= 4 is 5.69 Å². The van der Waals surface area contributed by atoms with Crippen LogP contribution in [0.4, 0.5) is 10.1 Å². The molecule has 0 amide bonds. The molecule has 1 aromatic heterocycles. The fourth-order valence-corrected chi connectivity index (χ4v) is 3.12. The number of hydrogen-bond acceptors (Lipinski definition) is 3. The number of methoxy groups -OCH3 is 1. The molecule has 2 heterocycles. The fraction of sp³-hybridized carbons (Fsp3) is 0.200. The monoisotopic (exact) mass is 338 g/mol. The van der Waals surface area contributed by atoms with Crippen LogP contribution < -0.4 is 9.64 Å². The van der Waals surface area contributed by atoms with Crippen molar-refractivity contribution in [2.45, 2.75) is 6.23 Å². The van der Waals surface area contributed by atoms with E-state index in [-0.39, 0.29) is 12.0 Å². The number of halogens is 1. The summed E-state index contributed by atoms with van der Waals surface area (Å²) in [5, 5.41) is 0. The van der Waals surface area contributed by atoms with Crippen LogP contribution in [0.1, 0.15) is 11.8 Å². The molecule has 1 aliphatic rings. The lowest BCUT2D eigenvalue weighted by Crippen LogP contribution is -2.22. The second kappa shape index (κ2) is 6.61. The Hall–Kier alpha value is -2.79. The van der Waals surface area contributed by atoms with Gasteiger partial charge in [-0.25, -0.2) is 4.39 Å². The predicted molar refractivity (Wildman–Crippen MR) is 94.8 cm³/mol. The summed E-state index contributed by atoms with van der Waals surface area (Å²) in [4.78, 5) is 2.23. The van der Waals surface area contributed by atoms with E-state index in [4.69, 9.17) is 9.47 Å². The Balaban J connectivity index is 1.59. The van der Waals surface area contributed by atoms with Gasteiger partial charge in [-0.1, -0.05) is 0 Å². The first kappa shape index (κ1) is 15.7. The van der Waals surface area contributed by atoms with Crippen LogP contribution in [0.2, 0.25) is 0 Å². The Labute approximate surface area is 146 Å². The summed E-state index contributed by atoms with van der Waals surface area (Å²) in [6, 6.07) is 16.5. The number of ether oxygens (including phenoxy) is 2. The molecule has 5 heteroatoms. The number of aromatic nitrogens is 1. The zero-order chi connectivity index (χ0) is 17.2. The van der Waals surface area contributed by atoms with Crippen molar-refractivity contribution in [3.63, 3.8) is 0 Å². The van der Waals surface area contributed by atoms with E-state index in [0.29, 0.717) is 6.61 Å². The lowest BCUT2D eigenvalue weighted by Gasteiger charge is -2.24. The lowest BCUT2D eigenvalue weighted by molar-refractivity contribution is 0.114. The standard InChI is InChI=1S/C20H19FN2O2/c1-24-19-8-6-18(7-9-19)23-12-13-25-20(23)15-10-11-22(14-15)17-4-2-16(21)3-5-17/h2-11,14,20H,12-13H2,1H3. The first-order chi connectivity index (χ1) is 12.2. The molecule has 0 spiro atoms. The number of nitrogens with zero attached hydrogens (tertiary/aromatic N) is 2. The Morgan fingerprint density at radius 1 is 1.00 bits per heavy atom. The lowest BCUT2D eigenvalue weighted by atomic mass is 10.2. The van der Waals surface area contributed by atoms with E-state index >= 15 is 0 Å². The molecular weight excluding hydrogens is 319 g/mol. The summed E-state index contributed by atoms with van der Waals surface area (Å²) < 4.78 is 26.3. The Bertz CT molecular complexity index is 843. The molecule has 1 unspecified atom stereocenters. The number of hydrogen-bond donors (Lipinski definition) is 0. The third-order valence-corrected chi connectivity index (χ3v) is 4.42. The summed E-state index contributed by atoms with van der Waals surface area (Å²) >= 11 is 0. The van der Waals surface area contributed by atoms with E-state index in [1.165, 1.54) is 12.1 Å². The highest BCUT2D eigenvalue weighted by Gasteiger charge is 2.28. The van der Waals surface area contributed by atoms with Gasteiger partial charge in [0.1, 0.15) is 11.6 Å². The maximum atomic E-state index is 13.1. The highest BCUT2D eigenvalue weighted by Crippen LogP contribution is 2.33. The van der Waals surface area contributed by atoms with Gasteiger partial charge in [-0.3, -0.25) is 0 Å². The molecule has 4 nitrogen and oxygen atoms in total. The molecule has 1 atom stereocenters. The van der Waals surface area contributed by atoms with Crippen molar-refractivity contribution in [3.05, 3.63) is 78.4 Å². The van der Waals surface area contributed by atoms with E-state index in [9.17, 15) is 4.39 Å². The topological polar surface area (TPSA) is 26.6 Å². The van der Waals surface area contributed by atoms with E-state index in [1.54, 1.807) is 19.2 Å². The van der Waals surface area contributed by atoms with Crippen LogP contribution in [0.15, 0.2) is 67.0 Å². The van der Waals surface area contributed by atoms with E-state index in [1.807, 2.05) is 47.3 Å². The summed E-state index contributed by atoms with van der Waals surface area (Å²) in [5.74, 6) is 0.601. The number of rotatable bonds is 4. The van der Waals surface area contributed by atoms with Crippen LogP contribution in [0.5, 0.6) is 5.75 Å². The van der Waals surface area contributed by atoms with Crippen molar-refractivity contribution in [1.29, 1.82) is 0 Å².